The van der Waals surface area contributed by atoms with Crippen molar-refractivity contribution in [3.63, 3.8) is 0 Å². The van der Waals surface area contributed by atoms with E-state index >= 15 is 0 Å². The Bertz CT molecular complexity index is 345. The Kier molecular flexibility index (Phi) is 3.86. The first-order valence-corrected chi connectivity index (χ1v) is 5.09. The van der Waals surface area contributed by atoms with Crippen molar-refractivity contribution in [3.05, 3.63) is 29.8 Å². The first kappa shape index (κ1) is 11.7. The number of aliphatic hydroxyl groups excluding tert-OH is 1. The highest BCUT2D eigenvalue weighted by Crippen LogP contribution is 2.18. The fourth-order valence-electron chi connectivity index (χ4n) is 1.22. The summed E-state index contributed by atoms with van der Waals surface area (Å²) in [6.07, 6.45) is -0.979. The fourth-order valence-corrected chi connectivity index (χ4v) is 1.22. The van der Waals surface area contributed by atoms with Crippen LogP contribution in [0.4, 0.5) is 5.69 Å². The van der Waals surface area contributed by atoms with Gasteiger partial charge in [-0.3, -0.25) is 4.79 Å². The van der Waals surface area contributed by atoms with Gasteiger partial charge in [0.1, 0.15) is 6.10 Å². The maximum Gasteiger partial charge on any atom is 0.252 e. The number of anilines is 1. The van der Waals surface area contributed by atoms with Crippen LogP contribution in [0.3, 0.4) is 0 Å². The molecule has 0 heterocycles. The fraction of sp³-hybridized carbons (Fsp3) is 0.417. The summed E-state index contributed by atoms with van der Waals surface area (Å²) >= 11 is 0. The van der Waals surface area contributed by atoms with Crippen LogP contribution in [-0.4, -0.2) is 17.1 Å². The normalized spacial score (nSPS) is 12.6. The smallest absolute Gasteiger partial charge is 0.252 e. The topological polar surface area (TPSA) is 49.3 Å². The molecule has 0 saturated carbocycles. The van der Waals surface area contributed by atoms with E-state index in [-0.39, 0.29) is 5.91 Å². The molecule has 82 valence electrons. The van der Waals surface area contributed by atoms with Gasteiger partial charge >= 0.3 is 0 Å². The number of hydrogen-bond acceptors (Lipinski definition) is 2. The Morgan fingerprint density at radius 2 is 2.00 bits per heavy atom. The maximum absolute atomic E-state index is 11.2. The average Bonchev–Trinajstić information content (AvgIpc) is 2.18. The summed E-state index contributed by atoms with van der Waals surface area (Å²) in [5.41, 5.74) is 1.89. The lowest BCUT2D eigenvalue weighted by atomic mass is 10.0. The van der Waals surface area contributed by atoms with Crippen molar-refractivity contribution in [2.75, 3.05) is 5.32 Å². The molecule has 0 fully saturated rings. The first-order valence-electron chi connectivity index (χ1n) is 5.09. The molecular weight excluding hydrogens is 190 g/mol. The highest BCUT2D eigenvalue weighted by molar-refractivity contribution is 5.93. The third-order valence-corrected chi connectivity index (χ3v) is 2.20. The Morgan fingerprint density at radius 1 is 1.33 bits per heavy atom. The molecule has 0 bridgehead atoms. The van der Waals surface area contributed by atoms with Crippen LogP contribution >= 0.6 is 0 Å². The van der Waals surface area contributed by atoms with E-state index in [9.17, 15) is 4.79 Å². The Balaban J connectivity index is 2.78. The molecule has 1 amide bonds. The van der Waals surface area contributed by atoms with Gasteiger partial charge in [0, 0.05) is 5.69 Å². The summed E-state index contributed by atoms with van der Waals surface area (Å²) in [7, 11) is 0. The van der Waals surface area contributed by atoms with Crippen molar-refractivity contribution in [3.8, 4) is 0 Å². The Morgan fingerprint density at radius 3 is 2.53 bits per heavy atom. The van der Waals surface area contributed by atoms with Gasteiger partial charge in [0.15, 0.2) is 0 Å². The standard InChI is InChI=1S/C12H17NO2/c1-8(2)10-5-4-6-11(7-10)13-12(15)9(3)14/h4-9,14H,1-3H3,(H,13,15). The SMILES string of the molecule is CC(O)C(=O)Nc1cccc(C(C)C)c1. The molecule has 0 aliphatic carbocycles. The van der Waals surface area contributed by atoms with E-state index in [1.165, 1.54) is 12.5 Å². The minimum Gasteiger partial charge on any atom is -0.384 e. The molecule has 1 aromatic rings. The number of nitrogens with one attached hydrogen (secondary N) is 1. The van der Waals surface area contributed by atoms with E-state index in [2.05, 4.69) is 19.2 Å². The summed E-state index contributed by atoms with van der Waals surface area (Å²) in [5.74, 6) is 0.0457. The van der Waals surface area contributed by atoms with Crippen LogP contribution < -0.4 is 5.32 Å². The Hall–Kier alpha value is -1.35. The molecule has 1 unspecified atom stereocenters. The van der Waals surface area contributed by atoms with Gasteiger partial charge in [-0.1, -0.05) is 26.0 Å². The van der Waals surface area contributed by atoms with E-state index in [4.69, 9.17) is 5.11 Å². The molecule has 0 aromatic heterocycles. The van der Waals surface area contributed by atoms with Gasteiger partial charge in [0.2, 0.25) is 0 Å². The molecule has 3 nitrogen and oxygen atoms in total. The molecule has 0 aliphatic rings. The van der Waals surface area contributed by atoms with Gasteiger partial charge in [0.25, 0.3) is 5.91 Å². The minimum atomic E-state index is -0.979. The summed E-state index contributed by atoms with van der Waals surface area (Å²) in [6.45, 7) is 5.63. The lowest BCUT2D eigenvalue weighted by molar-refractivity contribution is -0.123. The van der Waals surface area contributed by atoms with E-state index in [0.717, 1.165) is 5.69 Å². The number of amides is 1. The number of hydrogen-bond donors (Lipinski definition) is 2. The monoisotopic (exact) mass is 207 g/mol. The van der Waals surface area contributed by atoms with Crippen LogP contribution in [0, 0.1) is 0 Å². The Labute approximate surface area is 90.1 Å². The third-order valence-electron chi connectivity index (χ3n) is 2.20. The number of aliphatic hydroxyl groups is 1. The van der Waals surface area contributed by atoms with Crippen molar-refractivity contribution < 1.29 is 9.90 Å². The summed E-state index contributed by atoms with van der Waals surface area (Å²) in [4.78, 5) is 11.2. The molecule has 3 heteroatoms. The quantitative estimate of drug-likeness (QED) is 0.797. The van der Waals surface area contributed by atoms with Crippen LogP contribution in [-0.2, 0) is 4.79 Å². The van der Waals surface area contributed by atoms with Crippen molar-refractivity contribution in [2.45, 2.75) is 32.8 Å². The zero-order chi connectivity index (χ0) is 11.4. The zero-order valence-electron chi connectivity index (χ0n) is 9.32. The van der Waals surface area contributed by atoms with Crippen LogP contribution in [0.2, 0.25) is 0 Å². The van der Waals surface area contributed by atoms with E-state index in [0.29, 0.717) is 5.92 Å². The number of carbonyl (C=O) groups is 1. The minimum absolute atomic E-state index is 0.379. The van der Waals surface area contributed by atoms with E-state index in [1.54, 1.807) is 0 Å². The van der Waals surface area contributed by atoms with Gasteiger partial charge in [0.05, 0.1) is 0 Å². The maximum atomic E-state index is 11.2. The second-order valence-corrected chi connectivity index (χ2v) is 3.95. The van der Waals surface area contributed by atoms with Crippen molar-refractivity contribution >= 4 is 11.6 Å². The molecule has 0 spiro atoms. The van der Waals surface area contributed by atoms with Crippen molar-refractivity contribution in [1.82, 2.24) is 0 Å². The van der Waals surface area contributed by atoms with Crippen molar-refractivity contribution in [1.29, 1.82) is 0 Å². The average molecular weight is 207 g/mol. The second kappa shape index (κ2) is 4.94. The van der Waals surface area contributed by atoms with Crippen LogP contribution in [0.5, 0.6) is 0 Å². The molecule has 1 aromatic carbocycles. The third kappa shape index (κ3) is 3.36. The van der Waals surface area contributed by atoms with Crippen molar-refractivity contribution in [2.24, 2.45) is 0 Å². The van der Waals surface area contributed by atoms with Crippen LogP contribution in [0.25, 0.3) is 0 Å². The first-order chi connectivity index (χ1) is 7.00. The van der Waals surface area contributed by atoms with Gasteiger partial charge in [-0.25, -0.2) is 0 Å². The van der Waals surface area contributed by atoms with Crippen LogP contribution in [0.1, 0.15) is 32.3 Å². The molecular formula is C12H17NO2. The molecule has 0 radical (unpaired) electrons. The molecule has 1 rings (SSSR count). The lowest BCUT2D eigenvalue weighted by Crippen LogP contribution is -2.24. The van der Waals surface area contributed by atoms with Gasteiger partial charge in [-0.15, -0.1) is 0 Å². The molecule has 1 atom stereocenters. The van der Waals surface area contributed by atoms with E-state index < -0.39 is 6.10 Å². The lowest BCUT2D eigenvalue weighted by Gasteiger charge is -2.10. The highest BCUT2D eigenvalue weighted by atomic mass is 16.3. The molecule has 15 heavy (non-hydrogen) atoms. The van der Waals surface area contributed by atoms with Gasteiger partial charge in [-0.05, 0) is 30.5 Å². The number of carbonyl (C=O) groups excluding carboxylic acids is 1. The number of benzene rings is 1. The highest BCUT2D eigenvalue weighted by Gasteiger charge is 2.09. The summed E-state index contributed by atoms with van der Waals surface area (Å²) in [5, 5.41) is 11.7. The molecule has 0 aliphatic heterocycles. The zero-order valence-corrected chi connectivity index (χ0v) is 9.32. The largest absolute Gasteiger partial charge is 0.384 e. The predicted octanol–water partition coefficient (Wildman–Crippen LogP) is 2.13. The molecule has 2 N–H and O–H groups in total. The van der Waals surface area contributed by atoms with Gasteiger partial charge in [-0.2, -0.15) is 0 Å². The summed E-state index contributed by atoms with van der Waals surface area (Å²) in [6, 6.07) is 7.65. The van der Waals surface area contributed by atoms with Gasteiger partial charge < -0.3 is 10.4 Å². The van der Waals surface area contributed by atoms with E-state index in [1.807, 2.05) is 24.3 Å². The van der Waals surface area contributed by atoms with Crippen LogP contribution in [0.15, 0.2) is 24.3 Å². The molecule has 0 saturated heterocycles. The second-order valence-electron chi connectivity index (χ2n) is 3.95. The number of rotatable bonds is 3. The predicted molar refractivity (Wildman–Crippen MR) is 60.8 cm³/mol. The summed E-state index contributed by atoms with van der Waals surface area (Å²) < 4.78 is 0.